The number of hydrogen-bond donors (Lipinski definition) is 1. The van der Waals surface area contributed by atoms with Crippen LogP contribution in [0.25, 0.3) is 0 Å². The van der Waals surface area contributed by atoms with Crippen molar-refractivity contribution in [2.75, 3.05) is 20.8 Å². The summed E-state index contributed by atoms with van der Waals surface area (Å²) in [5, 5.41) is 11.2. The maximum atomic E-state index is 13.0. The fourth-order valence-electron chi connectivity index (χ4n) is 5.45. The Balaban J connectivity index is 1.46. The van der Waals surface area contributed by atoms with Crippen LogP contribution >= 0.6 is 0 Å². The highest BCUT2D eigenvalue weighted by Gasteiger charge is 2.39. The molecule has 7 nitrogen and oxygen atoms in total. The summed E-state index contributed by atoms with van der Waals surface area (Å²) in [6.07, 6.45) is 7.39. The molecule has 230 valence electrons. The lowest BCUT2D eigenvalue weighted by molar-refractivity contribution is -0.145. The molecule has 1 N–H and O–H groups in total. The van der Waals surface area contributed by atoms with Crippen molar-refractivity contribution in [2.24, 2.45) is 11.8 Å². The monoisotopic (exact) mass is 588 g/mol. The van der Waals surface area contributed by atoms with Gasteiger partial charge in [0, 0.05) is 11.8 Å². The average Bonchev–Trinajstić information content (AvgIpc) is 3.06. The van der Waals surface area contributed by atoms with E-state index in [0.717, 1.165) is 34.6 Å². The third kappa shape index (κ3) is 8.85. The molecule has 1 saturated heterocycles. The number of carbonyl (C=O) groups excluding carboxylic acids is 1. The van der Waals surface area contributed by atoms with Crippen molar-refractivity contribution in [2.45, 2.75) is 65.0 Å². The summed E-state index contributed by atoms with van der Waals surface area (Å²) in [7, 11) is 3.28. The maximum Gasteiger partial charge on any atom is 0.338 e. The number of cyclic esters (lactones) is 1. The molecule has 1 aliphatic carbocycles. The van der Waals surface area contributed by atoms with Gasteiger partial charge in [-0.25, -0.2) is 4.79 Å². The van der Waals surface area contributed by atoms with Crippen molar-refractivity contribution < 1.29 is 33.6 Å². The Morgan fingerprint density at radius 3 is 2.21 bits per heavy atom. The molecule has 2 aliphatic rings. The molecule has 0 bridgehead atoms. The standard InChI is InChI=1S/C36H44O7/c1-24-7-16-31-32(25(2)20-30(19-24)41-21-26-8-12-28(39-5)13-9-26)23-42-35(38)34(31)33(37)17-18-36(3,4)43-22-27-10-14-29(40-6)15-11-27/h8-15,17-19,30-32,37H,2,7,16,20-23H2,1,3-6H3/b18-17+,24-19-,34-33-/t30-,31-,32-/m0/s1. The molecule has 4 rings (SSSR count). The minimum absolute atomic E-state index is 0.0955. The van der Waals surface area contributed by atoms with E-state index >= 15 is 0 Å². The van der Waals surface area contributed by atoms with E-state index in [1.54, 1.807) is 26.4 Å². The van der Waals surface area contributed by atoms with Crippen LogP contribution < -0.4 is 9.47 Å². The van der Waals surface area contributed by atoms with Crippen LogP contribution in [0.2, 0.25) is 0 Å². The number of carbonyl (C=O) groups is 1. The normalized spacial score (nSPS) is 23.7. The van der Waals surface area contributed by atoms with Crippen LogP contribution in [0.1, 0.15) is 51.2 Å². The second-order valence-electron chi connectivity index (χ2n) is 11.8. The van der Waals surface area contributed by atoms with Crippen molar-refractivity contribution in [3.05, 3.63) is 107 Å². The number of allylic oxidation sites excluding steroid dienone is 2. The van der Waals surface area contributed by atoms with E-state index < -0.39 is 11.6 Å². The van der Waals surface area contributed by atoms with Crippen LogP contribution in [-0.2, 0) is 32.2 Å². The van der Waals surface area contributed by atoms with Gasteiger partial charge in [0.15, 0.2) is 0 Å². The molecule has 2 aromatic rings. The van der Waals surface area contributed by atoms with Gasteiger partial charge in [-0.2, -0.15) is 0 Å². The summed E-state index contributed by atoms with van der Waals surface area (Å²) in [6.45, 7) is 11.4. The van der Waals surface area contributed by atoms with Crippen LogP contribution in [-0.4, -0.2) is 43.6 Å². The average molecular weight is 589 g/mol. The molecule has 43 heavy (non-hydrogen) atoms. The van der Waals surface area contributed by atoms with Crippen molar-refractivity contribution in [1.82, 2.24) is 0 Å². The summed E-state index contributed by atoms with van der Waals surface area (Å²) in [5.41, 5.74) is 3.78. The fourth-order valence-corrected chi connectivity index (χ4v) is 5.45. The molecule has 0 saturated carbocycles. The van der Waals surface area contributed by atoms with Gasteiger partial charge in [0.1, 0.15) is 17.3 Å². The minimum atomic E-state index is -0.692. The molecule has 0 amide bonds. The van der Waals surface area contributed by atoms with E-state index in [0.29, 0.717) is 31.6 Å². The van der Waals surface area contributed by atoms with Crippen LogP contribution in [0.4, 0.5) is 0 Å². The SMILES string of the molecule is C=C1C[C@@H](OCc2ccc(OC)cc2)/C=C(/C)CC[C@@H]2/C(=C(O)\C=C\C(C)(C)OCc3ccc(OC)cc3)C(=O)OC[C@@H]12. The van der Waals surface area contributed by atoms with Gasteiger partial charge in [0.25, 0.3) is 0 Å². The Morgan fingerprint density at radius 2 is 1.60 bits per heavy atom. The molecular weight excluding hydrogens is 544 g/mol. The molecule has 3 atom stereocenters. The molecule has 0 aromatic heterocycles. The van der Waals surface area contributed by atoms with Crippen LogP contribution in [0.15, 0.2) is 95.8 Å². The first-order valence-corrected chi connectivity index (χ1v) is 14.7. The summed E-state index contributed by atoms with van der Waals surface area (Å²) in [4.78, 5) is 13.0. The number of aliphatic hydroxyl groups is 1. The molecular formula is C36H44O7. The minimum Gasteiger partial charge on any atom is -0.507 e. The van der Waals surface area contributed by atoms with Gasteiger partial charge in [-0.05, 0) is 87.6 Å². The first-order chi connectivity index (χ1) is 20.6. The number of ether oxygens (including phenoxy) is 5. The number of benzene rings is 2. The Kier molecular flexibility index (Phi) is 10.9. The number of fused-ring (bicyclic) bond motifs is 1. The van der Waals surface area contributed by atoms with Crippen molar-refractivity contribution in [1.29, 1.82) is 0 Å². The van der Waals surface area contributed by atoms with Gasteiger partial charge < -0.3 is 28.8 Å². The smallest absolute Gasteiger partial charge is 0.338 e. The fraction of sp³-hybridized carbons (Fsp3) is 0.417. The van der Waals surface area contributed by atoms with E-state index in [2.05, 4.69) is 19.6 Å². The number of esters is 1. The second kappa shape index (κ2) is 14.6. The Bertz CT molecular complexity index is 1350. The van der Waals surface area contributed by atoms with E-state index in [1.807, 2.05) is 62.4 Å². The van der Waals surface area contributed by atoms with Crippen molar-refractivity contribution in [3.8, 4) is 11.5 Å². The summed E-state index contributed by atoms with van der Waals surface area (Å²) in [6, 6.07) is 15.5. The molecule has 7 heteroatoms. The summed E-state index contributed by atoms with van der Waals surface area (Å²) in [5.74, 6) is 0.675. The Labute approximate surface area is 255 Å². The quantitative estimate of drug-likeness (QED) is 0.134. The second-order valence-corrected chi connectivity index (χ2v) is 11.8. The number of rotatable bonds is 10. The van der Waals surface area contributed by atoms with E-state index in [1.165, 1.54) is 5.57 Å². The lowest BCUT2D eigenvalue weighted by Gasteiger charge is -2.34. The van der Waals surface area contributed by atoms with Crippen molar-refractivity contribution in [3.63, 3.8) is 0 Å². The maximum absolute atomic E-state index is 13.0. The van der Waals surface area contributed by atoms with Crippen LogP contribution in [0, 0.1) is 11.8 Å². The zero-order chi connectivity index (χ0) is 31.0. The Morgan fingerprint density at radius 1 is 1.00 bits per heavy atom. The van der Waals surface area contributed by atoms with Gasteiger partial charge in [0.2, 0.25) is 0 Å². The number of aliphatic hydroxyl groups excluding tert-OH is 1. The molecule has 1 aliphatic heterocycles. The number of hydrogen-bond acceptors (Lipinski definition) is 7. The van der Waals surface area contributed by atoms with Crippen LogP contribution in [0.3, 0.4) is 0 Å². The molecule has 0 radical (unpaired) electrons. The van der Waals surface area contributed by atoms with Gasteiger partial charge in [-0.15, -0.1) is 0 Å². The molecule has 1 heterocycles. The topological polar surface area (TPSA) is 83.5 Å². The number of methoxy groups -OCH3 is 2. The van der Waals surface area contributed by atoms with Gasteiger partial charge in [0.05, 0.1) is 51.3 Å². The largest absolute Gasteiger partial charge is 0.507 e. The van der Waals surface area contributed by atoms with E-state index in [-0.39, 0.29) is 30.3 Å². The van der Waals surface area contributed by atoms with Crippen LogP contribution in [0.5, 0.6) is 11.5 Å². The molecule has 0 spiro atoms. The first-order valence-electron chi connectivity index (χ1n) is 14.7. The third-order valence-corrected chi connectivity index (χ3v) is 8.09. The first kappa shape index (κ1) is 32.1. The predicted molar refractivity (Wildman–Crippen MR) is 167 cm³/mol. The van der Waals surface area contributed by atoms with Gasteiger partial charge in [-0.3, -0.25) is 0 Å². The van der Waals surface area contributed by atoms with Gasteiger partial charge in [-0.1, -0.05) is 48.1 Å². The highest BCUT2D eigenvalue weighted by atomic mass is 16.5. The summed E-state index contributed by atoms with van der Waals surface area (Å²) >= 11 is 0. The zero-order valence-corrected chi connectivity index (χ0v) is 25.9. The van der Waals surface area contributed by atoms with Gasteiger partial charge >= 0.3 is 5.97 Å². The lowest BCUT2D eigenvalue weighted by atomic mass is 9.76. The lowest BCUT2D eigenvalue weighted by Crippen LogP contribution is -2.35. The highest BCUT2D eigenvalue weighted by Crippen LogP contribution is 2.40. The zero-order valence-electron chi connectivity index (χ0n) is 25.9. The third-order valence-electron chi connectivity index (χ3n) is 8.09. The molecule has 0 unspecified atom stereocenters. The van der Waals surface area contributed by atoms with E-state index in [4.69, 9.17) is 23.7 Å². The Hall–Kier alpha value is -3.81. The van der Waals surface area contributed by atoms with E-state index in [9.17, 15) is 9.90 Å². The van der Waals surface area contributed by atoms with Crippen molar-refractivity contribution >= 4 is 5.97 Å². The molecule has 1 fully saturated rings. The predicted octanol–water partition coefficient (Wildman–Crippen LogP) is 7.43. The summed E-state index contributed by atoms with van der Waals surface area (Å²) < 4.78 is 28.5. The molecule has 2 aromatic carbocycles. The highest BCUT2D eigenvalue weighted by molar-refractivity contribution is 5.91.